The van der Waals surface area contributed by atoms with Crippen molar-refractivity contribution in [3.8, 4) is 0 Å². The quantitative estimate of drug-likeness (QED) is 0.625. The first-order chi connectivity index (χ1) is 7.72. The van der Waals surface area contributed by atoms with Gasteiger partial charge in [-0.3, -0.25) is 4.79 Å². The minimum atomic E-state index is -0.802. The highest BCUT2D eigenvalue weighted by Crippen LogP contribution is 2.17. The molecule has 82 valence electrons. The molecule has 1 aromatic carbocycles. The molecule has 4 nitrogen and oxygen atoms in total. The van der Waals surface area contributed by atoms with Crippen molar-refractivity contribution in [3.63, 3.8) is 0 Å². The Morgan fingerprint density at radius 1 is 1.31 bits per heavy atom. The summed E-state index contributed by atoms with van der Waals surface area (Å²) in [4.78, 5) is 25.5. The van der Waals surface area contributed by atoms with Gasteiger partial charge < -0.3 is 9.72 Å². The zero-order valence-corrected chi connectivity index (χ0v) is 8.82. The highest BCUT2D eigenvalue weighted by atomic mass is 16.5. The van der Waals surface area contributed by atoms with E-state index < -0.39 is 11.8 Å². The van der Waals surface area contributed by atoms with E-state index in [1.54, 1.807) is 6.20 Å². The third-order valence-electron chi connectivity index (χ3n) is 2.44. The van der Waals surface area contributed by atoms with E-state index in [2.05, 4.69) is 9.72 Å². The third kappa shape index (κ3) is 1.82. The molecule has 0 fully saturated rings. The van der Waals surface area contributed by atoms with E-state index in [4.69, 9.17) is 0 Å². The summed E-state index contributed by atoms with van der Waals surface area (Å²) in [6.07, 6.45) is 1.86. The Bertz CT molecular complexity index is 542. The van der Waals surface area contributed by atoms with E-state index >= 15 is 0 Å². The molecule has 4 heteroatoms. The molecular formula is C12H11NO3. The Hall–Kier alpha value is -2.10. The zero-order valence-electron chi connectivity index (χ0n) is 8.82. The van der Waals surface area contributed by atoms with Crippen molar-refractivity contribution in [3.05, 3.63) is 36.0 Å². The van der Waals surface area contributed by atoms with Gasteiger partial charge in [-0.25, -0.2) is 4.79 Å². The van der Waals surface area contributed by atoms with Crippen LogP contribution in [0.1, 0.15) is 5.56 Å². The maximum atomic E-state index is 11.4. The molecule has 0 amide bonds. The van der Waals surface area contributed by atoms with Crippen molar-refractivity contribution in [2.75, 3.05) is 7.11 Å². The van der Waals surface area contributed by atoms with E-state index in [0.29, 0.717) is 0 Å². The third-order valence-corrected chi connectivity index (χ3v) is 2.44. The van der Waals surface area contributed by atoms with E-state index in [1.807, 2.05) is 24.3 Å². The molecule has 0 atom stereocenters. The summed E-state index contributed by atoms with van der Waals surface area (Å²) in [6.45, 7) is 0. The van der Waals surface area contributed by atoms with Gasteiger partial charge in [0.05, 0.1) is 7.11 Å². The lowest BCUT2D eigenvalue weighted by molar-refractivity contribution is -0.151. The first kappa shape index (κ1) is 10.4. The molecule has 0 aliphatic heterocycles. The van der Waals surface area contributed by atoms with Crippen LogP contribution in [0.15, 0.2) is 30.5 Å². The van der Waals surface area contributed by atoms with E-state index in [-0.39, 0.29) is 6.42 Å². The summed E-state index contributed by atoms with van der Waals surface area (Å²) < 4.78 is 4.38. The number of benzene rings is 1. The number of methoxy groups -OCH3 is 1. The number of carbonyl (C=O) groups excluding carboxylic acids is 2. The Labute approximate surface area is 92.2 Å². The number of hydrogen-bond acceptors (Lipinski definition) is 3. The van der Waals surface area contributed by atoms with Gasteiger partial charge in [-0.15, -0.1) is 0 Å². The monoisotopic (exact) mass is 217 g/mol. The number of ketones is 1. The predicted molar refractivity (Wildman–Crippen MR) is 59.0 cm³/mol. The maximum Gasteiger partial charge on any atom is 0.374 e. The summed E-state index contributed by atoms with van der Waals surface area (Å²) in [6, 6.07) is 7.54. The average molecular weight is 217 g/mol. The van der Waals surface area contributed by atoms with Crippen LogP contribution in [0.2, 0.25) is 0 Å². The molecule has 0 unspecified atom stereocenters. The van der Waals surface area contributed by atoms with Crippen LogP contribution in [0.3, 0.4) is 0 Å². The lowest BCUT2D eigenvalue weighted by Crippen LogP contribution is -2.17. The van der Waals surface area contributed by atoms with Gasteiger partial charge in [0.1, 0.15) is 0 Å². The van der Waals surface area contributed by atoms with Crippen molar-refractivity contribution in [1.82, 2.24) is 4.98 Å². The number of rotatable bonds is 3. The second-order valence-electron chi connectivity index (χ2n) is 3.45. The largest absolute Gasteiger partial charge is 0.463 e. The number of carbonyl (C=O) groups is 2. The van der Waals surface area contributed by atoms with Crippen LogP contribution in [-0.4, -0.2) is 23.8 Å². The molecule has 2 aromatic rings. The second-order valence-corrected chi connectivity index (χ2v) is 3.45. The molecule has 1 N–H and O–H groups in total. The average Bonchev–Trinajstić information content (AvgIpc) is 2.77. The van der Waals surface area contributed by atoms with Crippen molar-refractivity contribution in [1.29, 1.82) is 0 Å². The van der Waals surface area contributed by atoms with Crippen molar-refractivity contribution in [2.24, 2.45) is 0 Å². The van der Waals surface area contributed by atoms with Crippen LogP contribution in [-0.2, 0) is 20.7 Å². The summed E-state index contributed by atoms with van der Waals surface area (Å²) in [5.41, 5.74) is 1.69. The normalized spacial score (nSPS) is 10.3. The van der Waals surface area contributed by atoms with Crippen LogP contribution in [0.4, 0.5) is 0 Å². The number of hydrogen-bond donors (Lipinski definition) is 1. The molecule has 16 heavy (non-hydrogen) atoms. The minimum absolute atomic E-state index is 0.0600. The topological polar surface area (TPSA) is 59.2 Å². The number of Topliss-reactive ketones (excluding diaryl/α,β-unsaturated/α-hetero) is 1. The smallest absolute Gasteiger partial charge is 0.374 e. The first-order valence-corrected chi connectivity index (χ1v) is 4.88. The van der Waals surface area contributed by atoms with Gasteiger partial charge in [-0.2, -0.15) is 0 Å². The van der Waals surface area contributed by atoms with Gasteiger partial charge in [-0.05, 0) is 17.0 Å². The second kappa shape index (κ2) is 4.18. The van der Waals surface area contributed by atoms with Gasteiger partial charge in [-0.1, -0.05) is 18.2 Å². The SMILES string of the molecule is COC(=O)C(=O)Cc1cccc2cc[nH]c12. The molecular weight excluding hydrogens is 206 g/mol. The highest BCUT2D eigenvalue weighted by molar-refractivity contribution is 6.34. The van der Waals surface area contributed by atoms with Gasteiger partial charge in [0.2, 0.25) is 5.78 Å². The summed E-state index contributed by atoms with van der Waals surface area (Å²) >= 11 is 0. The molecule has 0 saturated heterocycles. The fourth-order valence-corrected chi connectivity index (χ4v) is 1.66. The number of aromatic nitrogens is 1. The van der Waals surface area contributed by atoms with Crippen molar-refractivity contribution < 1.29 is 14.3 Å². The highest BCUT2D eigenvalue weighted by Gasteiger charge is 2.15. The molecule has 0 radical (unpaired) electrons. The van der Waals surface area contributed by atoms with Crippen LogP contribution >= 0.6 is 0 Å². The van der Waals surface area contributed by atoms with Crippen LogP contribution in [0.25, 0.3) is 10.9 Å². The van der Waals surface area contributed by atoms with Crippen LogP contribution in [0.5, 0.6) is 0 Å². The summed E-state index contributed by atoms with van der Waals surface area (Å²) in [5, 5.41) is 1.02. The maximum absolute atomic E-state index is 11.4. The number of ether oxygens (including phenoxy) is 1. The summed E-state index contributed by atoms with van der Waals surface area (Å²) in [5.74, 6) is -1.34. The number of esters is 1. The number of H-pyrrole nitrogens is 1. The molecule has 0 aliphatic rings. The number of fused-ring (bicyclic) bond motifs is 1. The Kier molecular flexibility index (Phi) is 2.72. The van der Waals surface area contributed by atoms with E-state index in [1.165, 1.54) is 7.11 Å². The van der Waals surface area contributed by atoms with Gasteiger partial charge in [0.15, 0.2) is 0 Å². The Morgan fingerprint density at radius 3 is 2.88 bits per heavy atom. The minimum Gasteiger partial charge on any atom is -0.463 e. The summed E-state index contributed by atoms with van der Waals surface area (Å²) in [7, 11) is 1.20. The number of para-hydroxylation sites is 1. The lowest BCUT2D eigenvalue weighted by Gasteiger charge is -2.01. The van der Waals surface area contributed by atoms with Crippen LogP contribution in [0, 0.1) is 0 Å². The molecule has 0 spiro atoms. The molecule has 1 aromatic heterocycles. The lowest BCUT2D eigenvalue weighted by atomic mass is 10.1. The van der Waals surface area contributed by atoms with E-state index in [9.17, 15) is 9.59 Å². The fourth-order valence-electron chi connectivity index (χ4n) is 1.66. The Morgan fingerprint density at radius 2 is 2.12 bits per heavy atom. The van der Waals surface area contributed by atoms with Gasteiger partial charge >= 0.3 is 5.97 Å². The fraction of sp³-hybridized carbons (Fsp3) is 0.167. The van der Waals surface area contributed by atoms with Crippen molar-refractivity contribution >= 4 is 22.7 Å². The van der Waals surface area contributed by atoms with Gasteiger partial charge in [0, 0.05) is 18.1 Å². The zero-order chi connectivity index (χ0) is 11.5. The van der Waals surface area contributed by atoms with Crippen LogP contribution < -0.4 is 0 Å². The van der Waals surface area contributed by atoms with Gasteiger partial charge in [0.25, 0.3) is 0 Å². The van der Waals surface area contributed by atoms with Crippen molar-refractivity contribution in [2.45, 2.75) is 6.42 Å². The molecule has 0 bridgehead atoms. The number of nitrogens with one attached hydrogen (secondary N) is 1. The molecule has 0 aliphatic carbocycles. The Balaban J connectivity index is 2.31. The standard InChI is InChI=1S/C12H11NO3/c1-16-12(15)10(14)7-9-4-2-3-8-5-6-13-11(8)9/h2-6,13H,7H2,1H3. The molecule has 0 saturated carbocycles. The van der Waals surface area contributed by atoms with E-state index in [0.717, 1.165) is 16.5 Å². The predicted octanol–water partition coefficient (Wildman–Crippen LogP) is 1.45. The first-order valence-electron chi connectivity index (χ1n) is 4.88. The molecule has 1 heterocycles. The molecule has 2 rings (SSSR count). The number of aromatic amines is 1.